The van der Waals surface area contributed by atoms with Gasteiger partial charge in [-0.25, -0.2) is 36.1 Å². The minimum Gasteiger partial charge on any atom is -0.398 e. The van der Waals surface area contributed by atoms with E-state index in [0.717, 1.165) is 36.5 Å². The fourth-order valence-electron chi connectivity index (χ4n) is 5.84. The Bertz CT molecular complexity index is 3530. The number of sulfonamides is 2. The first-order valence-electron chi connectivity index (χ1n) is 19.5. The van der Waals surface area contributed by atoms with Gasteiger partial charge in [-0.3, -0.25) is 19.2 Å². The van der Waals surface area contributed by atoms with Crippen molar-refractivity contribution in [2.75, 3.05) is 15.2 Å². The third-order valence-electron chi connectivity index (χ3n) is 8.97. The highest BCUT2D eigenvalue weighted by molar-refractivity contribution is 7.93. The van der Waals surface area contributed by atoms with Crippen molar-refractivity contribution >= 4 is 115 Å². The molecule has 4 aromatic carbocycles. The molecule has 7 rings (SSSR count). The van der Waals surface area contributed by atoms with Gasteiger partial charge in [-0.1, -0.05) is 76.7 Å². The maximum Gasteiger partial charge on any atom is 0.417 e. The molecule has 7 aromatic rings. The van der Waals surface area contributed by atoms with E-state index in [9.17, 15) is 57.6 Å². The standard InChI is InChI=1S/C20H11Cl2F3N4O3S.C19H12Cl2F3N3O3S.C4H9NOSi/c21-10-7-16(29-33(31,32)11-5-6-14(22)13(8-11)20(23,24)25)18(26-9-10)17-12-3-1-2-4-15(12)27-19(30)28-17;20-10-7-16(17(26-9-10)18(28)12-3-1-2-4-15(12)25)27-31(29,30)11-5-6-14(21)13(8-11)19(22,23)24;1-7(2,3)5-4-6/h1-9,29H,(H,27,28,30);1-9,27H,25H2;1-3H3. The molecule has 3 heterocycles. The normalized spacial score (nSPS) is 11.8. The molecule has 0 aliphatic rings. The molecule has 0 radical (unpaired) electrons. The lowest BCUT2D eigenvalue weighted by Gasteiger charge is -2.15. The summed E-state index contributed by atoms with van der Waals surface area (Å²) in [6.45, 7) is 5.95. The number of fused-ring (bicyclic) bond motifs is 1. The molecule has 0 atom stereocenters. The zero-order valence-corrected chi connectivity index (χ0v) is 41.9. The van der Waals surface area contributed by atoms with E-state index < -0.39 is 83.1 Å². The van der Waals surface area contributed by atoms with E-state index in [2.05, 4.69) is 34.0 Å². The van der Waals surface area contributed by atoms with Crippen LogP contribution in [0.3, 0.4) is 0 Å². The van der Waals surface area contributed by atoms with E-state index in [1.807, 2.05) is 19.6 Å². The molecular weight excluding hydrogens is 1090 g/mol. The summed E-state index contributed by atoms with van der Waals surface area (Å²) in [6.07, 6.45) is -5.85. The number of para-hydroxylation sites is 2. The van der Waals surface area contributed by atoms with Crippen molar-refractivity contribution in [2.24, 2.45) is 4.66 Å². The van der Waals surface area contributed by atoms with Gasteiger partial charge in [-0.15, -0.1) is 0 Å². The van der Waals surface area contributed by atoms with Gasteiger partial charge in [0, 0.05) is 29.0 Å². The molecule has 0 aliphatic heterocycles. The lowest BCUT2D eigenvalue weighted by atomic mass is 10.0. The maximum atomic E-state index is 13.2. The Balaban J connectivity index is 0.000000233. The molecule has 71 heavy (non-hydrogen) atoms. The van der Waals surface area contributed by atoms with E-state index in [1.165, 1.54) is 24.4 Å². The number of H-pyrrole nitrogens is 1. The van der Waals surface area contributed by atoms with E-state index in [0.29, 0.717) is 23.0 Å². The van der Waals surface area contributed by atoms with Gasteiger partial charge in [0.15, 0.2) is 8.24 Å². The third-order valence-corrected chi connectivity index (χ3v) is 13.5. The topological polar surface area (TPSA) is 236 Å². The Morgan fingerprint density at radius 3 is 1.70 bits per heavy atom. The van der Waals surface area contributed by atoms with Crippen LogP contribution in [0.15, 0.2) is 129 Å². The van der Waals surface area contributed by atoms with Gasteiger partial charge < -0.3 is 10.7 Å². The van der Waals surface area contributed by atoms with Crippen molar-refractivity contribution < 1.29 is 52.8 Å². The second-order valence-corrected chi connectivity index (χ2v) is 24.9. The Morgan fingerprint density at radius 2 is 1.20 bits per heavy atom. The summed E-state index contributed by atoms with van der Waals surface area (Å²) < 4.78 is 138. The number of isocyanates is 1. The van der Waals surface area contributed by atoms with Crippen LogP contribution in [-0.2, 0) is 37.2 Å². The summed E-state index contributed by atoms with van der Waals surface area (Å²) in [5, 5.41) is -0.824. The fourth-order valence-corrected chi connectivity index (χ4v) is 9.05. The molecule has 0 spiro atoms. The number of alkyl halides is 6. The van der Waals surface area contributed by atoms with Crippen LogP contribution in [0.4, 0.5) is 43.4 Å². The van der Waals surface area contributed by atoms with Crippen LogP contribution in [0.5, 0.6) is 0 Å². The van der Waals surface area contributed by atoms with Gasteiger partial charge in [-0.2, -0.15) is 31.3 Å². The Hall–Kier alpha value is -6.37. The van der Waals surface area contributed by atoms with E-state index >= 15 is 0 Å². The number of pyridine rings is 2. The molecule has 0 fully saturated rings. The Labute approximate surface area is 420 Å². The monoisotopic (exact) mass is 1120 g/mol. The molecule has 0 saturated carbocycles. The van der Waals surface area contributed by atoms with E-state index in [1.54, 1.807) is 42.5 Å². The quantitative estimate of drug-likeness (QED) is 0.0251. The van der Waals surface area contributed by atoms with Gasteiger partial charge in [0.05, 0.1) is 57.9 Å². The highest BCUT2D eigenvalue weighted by atomic mass is 35.5. The van der Waals surface area contributed by atoms with Crippen molar-refractivity contribution in [3.63, 3.8) is 0 Å². The number of aromatic amines is 1. The van der Waals surface area contributed by atoms with Crippen molar-refractivity contribution in [1.82, 2.24) is 19.9 Å². The van der Waals surface area contributed by atoms with E-state index in [-0.39, 0.29) is 49.8 Å². The highest BCUT2D eigenvalue weighted by Gasteiger charge is 2.36. The number of halogens is 10. The highest BCUT2D eigenvalue weighted by Crippen LogP contribution is 2.39. The minimum atomic E-state index is -4.87. The number of nitrogens with two attached hydrogens (primary N) is 1. The van der Waals surface area contributed by atoms with Gasteiger partial charge in [-0.05, 0) is 86.4 Å². The van der Waals surface area contributed by atoms with Gasteiger partial charge >= 0.3 is 18.0 Å². The van der Waals surface area contributed by atoms with Crippen LogP contribution < -0.4 is 20.9 Å². The van der Waals surface area contributed by atoms with Crippen LogP contribution in [0.2, 0.25) is 39.7 Å². The van der Waals surface area contributed by atoms with Crippen molar-refractivity contribution in [3.8, 4) is 11.4 Å². The number of ketones is 1. The zero-order valence-electron chi connectivity index (χ0n) is 36.2. The first-order valence-corrected chi connectivity index (χ1v) is 27.4. The van der Waals surface area contributed by atoms with Gasteiger partial charge in [0.1, 0.15) is 17.1 Å². The Kier molecular flexibility index (Phi) is 17.2. The number of benzene rings is 4. The number of nitrogens with zero attached hydrogens (tertiary/aromatic N) is 4. The predicted molar refractivity (Wildman–Crippen MR) is 260 cm³/mol. The number of nitrogens with one attached hydrogen (secondary N) is 3. The number of carbonyl (C=O) groups excluding carboxylic acids is 2. The summed E-state index contributed by atoms with van der Waals surface area (Å²) >= 11 is 23.0. The molecule has 3 aromatic heterocycles. The van der Waals surface area contributed by atoms with Gasteiger partial charge in [0.25, 0.3) is 20.0 Å². The van der Waals surface area contributed by atoms with Crippen LogP contribution in [0.1, 0.15) is 27.2 Å². The van der Waals surface area contributed by atoms with Gasteiger partial charge in [0.2, 0.25) is 11.9 Å². The summed E-state index contributed by atoms with van der Waals surface area (Å²) in [5.41, 5.74) is 2.22. The summed E-state index contributed by atoms with van der Waals surface area (Å²) in [6, 6.07) is 19.3. The summed E-state index contributed by atoms with van der Waals surface area (Å²) in [4.78, 5) is 47.5. The maximum absolute atomic E-state index is 13.2. The third kappa shape index (κ3) is 14.4. The minimum absolute atomic E-state index is 0.0117. The fraction of sp³-hybridized carbons (Fsp3) is 0.116. The molecule has 372 valence electrons. The molecule has 0 unspecified atom stereocenters. The van der Waals surface area contributed by atoms with Crippen LogP contribution in [0, 0.1) is 0 Å². The Morgan fingerprint density at radius 1 is 0.704 bits per heavy atom. The number of carbonyl (C=O) groups is 1. The van der Waals surface area contributed by atoms with E-state index in [4.69, 9.17) is 52.1 Å². The summed E-state index contributed by atoms with van der Waals surface area (Å²) in [7, 11) is -10.6. The first-order chi connectivity index (χ1) is 32.9. The number of hydrogen-bond acceptors (Lipinski definition) is 12. The molecule has 0 saturated heterocycles. The van der Waals surface area contributed by atoms with Crippen LogP contribution in [-0.4, -0.2) is 56.9 Å². The SMILES string of the molecule is C[Si](C)(C)N=C=O.Nc1ccccc1C(=O)c1ncc(Cl)cc1NS(=O)(=O)c1ccc(Cl)c(C(F)(F)F)c1.O=c1nc(-c2ncc(Cl)cc2NS(=O)(=O)c2ccc(Cl)c(C(F)(F)F)c2)c2ccccc2[nH]1. The van der Waals surface area contributed by atoms with Crippen LogP contribution >= 0.6 is 46.4 Å². The molecule has 15 nitrogen and oxygen atoms in total. The second kappa shape index (κ2) is 21.9. The van der Waals surface area contributed by atoms with Crippen molar-refractivity contribution in [3.05, 3.63) is 162 Å². The largest absolute Gasteiger partial charge is 0.417 e. The first kappa shape index (κ1) is 55.6. The van der Waals surface area contributed by atoms with Crippen LogP contribution in [0.25, 0.3) is 22.3 Å². The summed E-state index contributed by atoms with van der Waals surface area (Å²) in [5.74, 6) is -0.709. The second-order valence-electron chi connectivity index (χ2n) is 15.3. The zero-order chi connectivity index (χ0) is 52.9. The number of aromatic nitrogens is 4. The molecule has 28 heteroatoms. The van der Waals surface area contributed by atoms with Crippen molar-refractivity contribution in [1.29, 1.82) is 0 Å². The van der Waals surface area contributed by atoms with Crippen molar-refractivity contribution in [2.45, 2.75) is 41.8 Å². The number of rotatable bonds is 10. The molecule has 0 bridgehead atoms. The molecule has 0 aliphatic carbocycles. The molecular formula is C43H32Cl4F6N8O7S2Si. The molecule has 5 N–H and O–H groups in total. The molecule has 0 amide bonds. The number of nitrogen functional groups attached to an aromatic ring is 1. The average molecular weight is 1120 g/mol. The number of hydrogen-bond donors (Lipinski definition) is 4. The lowest BCUT2D eigenvalue weighted by Crippen LogP contribution is -2.18. The smallest absolute Gasteiger partial charge is 0.398 e. The number of anilines is 3. The predicted octanol–water partition coefficient (Wildman–Crippen LogP) is 11.3. The lowest BCUT2D eigenvalue weighted by molar-refractivity contribution is -0.138. The average Bonchev–Trinajstić information content (AvgIpc) is 3.25.